The van der Waals surface area contributed by atoms with Crippen LogP contribution in [0.4, 0.5) is 0 Å². The molecule has 12 heteroatoms. The molecule has 3 aromatic carbocycles. The first-order valence-electron chi connectivity index (χ1n) is 11.9. The molecule has 1 amide bonds. The van der Waals surface area contributed by atoms with Crippen molar-refractivity contribution in [2.45, 2.75) is 30.0 Å². The van der Waals surface area contributed by atoms with Gasteiger partial charge in [-0.05, 0) is 59.2 Å². The van der Waals surface area contributed by atoms with Gasteiger partial charge in [-0.25, -0.2) is 8.42 Å². The van der Waals surface area contributed by atoms with E-state index in [1.165, 1.54) is 6.07 Å². The molecule has 1 aromatic heterocycles. The molecule has 0 saturated carbocycles. The second-order valence-electron chi connectivity index (χ2n) is 8.34. The van der Waals surface area contributed by atoms with E-state index in [9.17, 15) is 18.0 Å². The number of ether oxygens (including phenoxy) is 2. The predicted molar refractivity (Wildman–Crippen MR) is 144 cm³/mol. The van der Waals surface area contributed by atoms with E-state index in [0.29, 0.717) is 35.6 Å². The van der Waals surface area contributed by atoms with E-state index >= 15 is 0 Å². The van der Waals surface area contributed by atoms with E-state index in [0.717, 1.165) is 16.9 Å². The summed E-state index contributed by atoms with van der Waals surface area (Å²) in [4.78, 5) is 23.4. The lowest BCUT2D eigenvalue weighted by Crippen LogP contribution is -2.22. The Hall–Kier alpha value is -4.29. The highest BCUT2D eigenvalue weighted by Gasteiger charge is 2.23. The number of rotatable bonds is 12. The first kappa shape index (κ1) is 27.7. The van der Waals surface area contributed by atoms with Crippen LogP contribution in [0.3, 0.4) is 0 Å². The number of hydrogen-bond acceptors (Lipinski definition) is 9. The highest BCUT2D eigenvalue weighted by atomic mass is 32.2. The van der Waals surface area contributed by atoms with Crippen molar-refractivity contribution in [1.82, 2.24) is 15.5 Å². The van der Waals surface area contributed by atoms with E-state index in [4.69, 9.17) is 14.6 Å². The summed E-state index contributed by atoms with van der Waals surface area (Å²) < 4.78 is 36.9. The average molecular weight is 568 g/mol. The quantitative estimate of drug-likeness (QED) is 0.256. The van der Waals surface area contributed by atoms with Crippen LogP contribution in [-0.2, 0) is 33.4 Å². The molecule has 10 nitrogen and oxygen atoms in total. The Bertz CT molecular complexity index is 1550. The lowest BCUT2D eigenvalue weighted by Gasteiger charge is -2.10. The minimum atomic E-state index is -3.84. The van der Waals surface area contributed by atoms with Gasteiger partial charge in [-0.15, -0.1) is 5.10 Å². The molecule has 0 saturated heterocycles. The normalized spacial score (nSPS) is 11.1. The molecule has 4 rings (SSSR count). The molecule has 39 heavy (non-hydrogen) atoms. The number of amides is 1. The maximum absolute atomic E-state index is 13.0. The van der Waals surface area contributed by atoms with Crippen LogP contribution < -0.4 is 14.8 Å². The van der Waals surface area contributed by atoms with Gasteiger partial charge in [0.15, 0.2) is 11.5 Å². The van der Waals surface area contributed by atoms with Crippen LogP contribution in [0.1, 0.15) is 34.0 Å². The zero-order valence-electron chi connectivity index (χ0n) is 20.9. The molecule has 0 radical (unpaired) electrons. The van der Waals surface area contributed by atoms with Gasteiger partial charge >= 0.3 is 11.2 Å². The second-order valence-corrected chi connectivity index (χ2v) is 11.4. The highest BCUT2D eigenvalue weighted by molar-refractivity contribution is 7.92. The SMILES string of the molecule is CCOc1cc(CC(=O)O)ccc1Oc1nnc(S(=O)(=O)Cc2ccc(C(=O)NCc3ccccc3)cc2)s1. The molecule has 0 aliphatic heterocycles. The first-order chi connectivity index (χ1) is 18.7. The fraction of sp³-hybridized carbons (Fsp3) is 0.185. The van der Waals surface area contributed by atoms with Gasteiger partial charge in [0.1, 0.15) is 0 Å². The van der Waals surface area contributed by atoms with Crippen molar-refractivity contribution in [3.8, 4) is 16.7 Å². The van der Waals surface area contributed by atoms with Crippen molar-refractivity contribution < 1.29 is 32.6 Å². The third kappa shape index (κ3) is 7.62. The molecule has 4 aromatic rings. The van der Waals surface area contributed by atoms with Crippen molar-refractivity contribution in [2.75, 3.05) is 6.61 Å². The molecule has 0 unspecified atom stereocenters. The topological polar surface area (TPSA) is 145 Å². The number of carbonyl (C=O) groups excluding carboxylic acids is 1. The number of carboxylic acid groups (broad SMARTS) is 1. The van der Waals surface area contributed by atoms with E-state index in [2.05, 4.69) is 15.5 Å². The van der Waals surface area contributed by atoms with Gasteiger partial charge in [0, 0.05) is 12.1 Å². The fourth-order valence-corrected chi connectivity index (χ4v) is 5.82. The summed E-state index contributed by atoms with van der Waals surface area (Å²) >= 11 is 0.762. The number of nitrogens with one attached hydrogen (secondary N) is 1. The van der Waals surface area contributed by atoms with Gasteiger partial charge in [-0.2, -0.15) is 0 Å². The summed E-state index contributed by atoms with van der Waals surface area (Å²) in [6.45, 7) is 2.47. The summed E-state index contributed by atoms with van der Waals surface area (Å²) in [6.07, 6.45) is -0.180. The summed E-state index contributed by atoms with van der Waals surface area (Å²) in [5.41, 5.74) is 2.40. The van der Waals surface area contributed by atoms with Gasteiger partial charge < -0.3 is 19.9 Å². The summed E-state index contributed by atoms with van der Waals surface area (Å²) in [5, 5.41) is 19.5. The fourth-order valence-electron chi connectivity index (χ4n) is 3.56. The number of nitrogens with zero attached hydrogens (tertiary/aromatic N) is 2. The molecular formula is C27H25N3O7S2. The molecule has 0 aliphatic rings. The number of aliphatic carboxylic acids is 1. The Morgan fingerprint density at radius 1 is 0.923 bits per heavy atom. The van der Waals surface area contributed by atoms with Crippen LogP contribution in [0.15, 0.2) is 77.1 Å². The number of carbonyl (C=O) groups is 2. The van der Waals surface area contributed by atoms with E-state index in [1.807, 2.05) is 30.3 Å². The zero-order chi connectivity index (χ0) is 27.8. The van der Waals surface area contributed by atoms with Crippen molar-refractivity contribution in [3.63, 3.8) is 0 Å². The van der Waals surface area contributed by atoms with Crippen LogP contribution >= 0.6 is 11.3 Å². The van der Waals surface area contributed by atoms with Crippen LogP contribution in [0.2, 0.25) is 0 Å². The van der Waals surface area contributed by atoms with E-state index in [-0.39, 0.29) is 33.4 Å². The maximum atomic E-state index is 13.0. The van der Waals surface area contributed by atoms with Gasteiger partial charge in [0.05, 0.1) is 18.8 Å². The third-order valence-electron chi connectivity index (χ3n) is 5.38. The Morgan fingerprint density at radius 3 is 2.33 bits per heavy atom. The number of aromatic nitrogens is 2. The molecule has 202 valence electrons. The summed E-state index contributed by atoms with van der Waals surface area (Å²) in [5.74, 6) is -1.01. The molecular weight excluding hydrogens is 542 g/mol. The monoisotopic (exact) mass is 567 g/mol. The molecule has 2 N–H and O–H groups in total. The van der Waals surface area contributed by atoms with Crippen molar-refractivity contribution >= 4 is 33.1 Å². The Labute approximate surface area is 229 Å². The average Bonchev–Trinajstić information content (AvgIpc) is 3.39. The Balaban J connectivity index is 1.40. The smallest absolute Gasteiger partial charge is 0.307 e. The van der Waals surface area contributed by atoms with Gasteiger partial charge in [-0.3, -0.25) is 9.59 Å². The standard InChI is InChI=1S/C27H25N3O7S2/c1-2-36-23-14-20(15-24(31)32)10-13-22(23)37-26-29-30-27(38-26)39(34,35)17-19-8-11-21(12-9-19)25(33)28-16-18-6-4-3-5-7-18/h3-14H,2,15-17H2,1H3,(H,28,33)(H,31,32). The molecule has 0 aliphatic carbocycles. The number of benzene rings is 3. The van der Waals surface area contributed by atoms with Gasteiger partial charge in [-0.1, -0.05) is 53.6 Å². The largest absolute Gasteiger partial charge is 0.490 e. The Kier molecular flexibility index (Phi) is 8.89. The molecule has 0 bridgehead atoms. The summed E-state index contributed by atoms with van der Waals surface area (Å²) in [6, 6.07) is 20.5. The van der Waals surface area contributed by atoms with Gasteiger partial charge in [0.2, 0.25) is 14.2 Å². The predicted octanol–water partition coefficient (Wildman–Crippen LogP) is 4.26. The number of sulfone groups is 1. The maximum Gasteiger partial charge on any atom is 0.307 e. The van der Waals surface area contributed by atoms with Gasteiger partial charge in [0.25, 0.3) is 5.91 Å². The van der Waals surface area contributed by atoms with Crippen LogP contribution in [0, 0.1) is 0 Å². The number of carboxylic acids is 1. The van der Waals surface area contributed by atoms with Crippen molar-refractivity contribution in [1.29, 1.82) is 0 Å². The van der Waals surface area contributed by atoms with Crippen LogP contribution in [-0.4, -0.2) is 42.2 Å². The highest BCUT2D eigenvalue weighted by Crippen LogP contribution is 2.35. The summed E-state index contributed by atoms with van der Waals surface area (Å²) in [7, 11) is -3.84. The lowest BCUT2D eigenvalue weighted by atomic mass is 10.1. The van der Waals surface area contributed by atoms with E-state index < -0.39 is 15.8 Å². The van der Waals surface area contributed by atoms with Crippen LogP contribution in [0.5, 0.6) is 16.7 Å². The first-order valence-corrected chi connectivity index (χ1v) is 14.3. The molecule has 0 spiro atoms. The van der Waals surface area contributed by atoms with Crippen LogP contribution in [0.25, 0.3) is 0 Å². The minimum absolute atomic E-state index is 0.00838. The Morgan fingerprint density at radius 2 is 1.64 bits per heavy atom. The molecule has 0 fully saturated rings. The minimum Gasteiger partial charge on any atom is -0.490 e. The molecule has 1 heterocycles. The third-order valence-corrected chi connectivity index (χ3v) is 8.32. The van der Waals surface area contributed by atoms with E-state index in [1.54, 1.807) is 43.3 Å². The zero-order valence-corrected chi connectivity index (χ0v) is 22.5. The number of hydrogen-bond donors (Lipinski definition) is 2. The second kappa shape index (κ2) is 12.5. The molecule has 0 atom stereocenters. The van der Waals surface area contributed by atoms with Crippen molar-refractivity contribution in [3.05, 3.63) is 95.1 Å². The lowest BCUT2D eigenvalue weighted by molar-refractivity contribution is -0.136. The van der Waals surface area contributed by atoms with Crippen molar-refractivity contribution in [2.24, 2.45) is 0 Å².